The zero-order chi connectivity index (χ0) is 25.0. The minimum atomic E-state index is -4.55. The summed E-state index contributed by atoms with van der Waals surface area (Å²) in [6.07, 6.45) is -1.99. The smallest absolute Gasteiger partial charge is 0.340 e. The largest absolute Gasteiger partial charge is 0.416 e. The van der Waals surface area contributed by atoms with E-state index in [2.05, 4.69) is 20.3 Å². The second-order valence-electron chi connectivity index (χ2n) is 9.45. The standard InChI is InChI=1S/C22H24F5N7O/c23-21(24)5-8-34(12-21)19-30-15(13-2-7-33(11-13)18(35)20(28)3-4-20)10-17(32-19)31-16-9-14(1-6-29-16)22(25,26)27/h1,6,9-10,13H,2-5,7-8,11-12,28H2,(H,29,30,31,32). The van der Waals surface area contributed by atoms with Crippen molar-refractivity contribution < 1.29 is 26.7 Å². The molecule has 188 valence electrons. The maximum absolute atomic E-state index is 13.9. The van der Waals surface area contributed by atoms with Crippen LogP contribution in [0.3, 0.4) is 0 Å². The molecule has 1 aliphatic carbocycles. The molecular formula is C22H24F5N7O. The predicted octanol–water partition coefficient (Wildman–Crippen LogP) is 3.29. The second kappa shape index (κ2) is 8.25. The first-order valence-electron chi connectivity index (χ1n) is 11.3. The Kier molecular flexibility index (Phi) is 5.57. The van der Waals surface area contributed by atoms with E-state index in [0.717, 1.165) is 18.3 Å². The van der Waals surface area contributed by atoms with Crippen LogP contribution < -0.4 is 16.0 Å². The summed E-state index contributed by atoms with van der Waals surface area (Å²) in [6, 6.07) is 3.26. The Balaban J connectivity index is 1.43. The number of nitrogens with one attached hydrogen (secondary N) is 1. The lowest BCUT2D eigenvalue weighted by atomic mass is 10.0. The van der Waals surface area contributed by atoms with E-state index < -0.39 is 29.7 Å². The lowest BCUT2D eigenvalue weighted by Crippen LogP contribution is -2.44. The van der Waals surface area contributed by atoms with Gasteiger partial charge in [0.25, 0.3) is 5.92 Å². The molecule has 2 aliphatic heterocycles. The number of carbonyl (C=O) groups excluding carboxylic acids is 1. The zero-order valence-corrected chi connectivity index (χ0v) is 18.7. The third-order valence-corrected chi connectivity index (χ3v) is 6.64. The van der Waals surface area contributed by atoms with Crippen LogP contribution in [0.4, 0.5) is 39.5 Å². The van der Waals surface area contributed by atoms with Crippen molar-refractivity contribution in [1.82, 2.24) is 19.9 Å². The van der Waals surface area contributed by atoms with Crippen molar-refractivity contribution in [2.45, 2.75) is 49.2 Å². The topological polar surface area (TPSA) is 100 Å². The maximum Gasteiger partial charge on any atom is 0.416 e. The van der Waals surface area contributed by atoms with Crippen LogP contribution in [0, 0.1) is 0 Å². The minimum absolute atomic E-state index is 0.0443. The van der Waals surface area contributed by atoms with Crippen molar-refractivity contribution in [3.8, 4) is 0 Å². The van der Waals surface area contributed by atoms with E-state index in [1.54, 1.807) is 11.0 Å². The Morgan fingerprint density at radius 1 is 1.11 bits per heavy atom. The summed E-state index contributed by atoms with van der Waals surface area (Å²) in [5.41, 5.74) is 4.88. The Labute approximate surface area is 197 Å². The van der Waals surface area contributed by atoms with Crippen LogP contribution in [0.2, 0.25) is 0 Å². The molecule has 2 aromatic rings. The number of nitrogens with two attached hydrogens (primary N) is 1. The number of hydrogen-bond acceptors (Lipinski definition) is 7. The Bertz CT molecular complexity index is 1140. The van der Waals surface area contributed by atoms with Crippen LogP contribution in [0.15, 0.2) is 24.4 Å². The fourth-order valence-electron chi connectivity index (χ4n) is 4.43. The summed E-state index contributed by atoms with van der Waals surface area (Å²) in [7, 11) is 0. The van der Waals surface area contributed by atoms with Crippen molar-refractivity contribution in [3.05, 3.63) is 35.7 Å². The Morgan fingerprint density at radius 3 is 2.54 bits per heavy atom. The van der Waals surface area contributed by atoms with Gasteiger partial charge in [-0.2, -0.15) is 18.2 Å². The first-order chi connectivity index (χ1) is 16.4. The number of rotatable bonds is 5. The van der Waals surface area contributed by atoms with Gasteiger partial charge in [-0.1, -0.05) is 0 Å². The quantitative estimate of drug-likeness (QED) is 0.612. The number of carbonyl (C=O) groups is 1. The first-order valence-corrected chi connectivity index (χ1v) is 11.3. The molecule has 0 spiro atoms. The van der Waals surface area contributed by atoms with Crippen LogP contribution in [0.1, 0.15) is 42.9 Å². The van der Waals surface area contributed by atoms with E-state index in [9.17, 15) is 26.7 Å². The minimum Gasteiger partial charge on any atom is -0.340 e. The van der Waals surface area contributed by atoms with Crippen molar-refractivity contribution >= 4 is 23.5 Å². The van der Waals surface area contributed by atoms with Gasteiger partial charge >= 0.3 is 6.18 Å². The van der Waals surface area contributed by atoms with Crippen molar-refractivity contribution in [1.29, 1.82) is 0 Å². The highest BCUT2D eigenvalue weighted by molar-refractivity contribution is 5.89. The summed E-state index contributed by atoms with van der Waals surface area (Å²) in [5, 5.41) is 2.76. The maximum atomic E-state index is 13.9. The zero-order valence-electron chi connectivity index (χ0n) is 18.7. The number of pyridine rings is 1. The summed E-state index contributed by atoms with van der Waals surface area (Å²) >= 11 is 0. The second-order valence-corrected chi connectivity index (χ2v) is 9.45. The number of nitrogens with zero attached hydrogens (tertiary/aromatic N) is 5. The number of alkyl halides is 5. The van der Waals surface area contributed by atoms with E-state index in [1.165, 1.54) is 4.90 Å². The summed E-state index contributed by atoms with van der Waals surface area (Å²) in [6.45, 7) is 0.346. The molecule has 3 N–H and O–H groups in total. The summed E-state index contributed by atoms with van der Waals surface area (Å²) in [5.74, 6) is -3.10. The molecule has 1 atom stereocenters. The molecule has 8 nitrogen and oxygen atoms in total. The van der Waals surface area contributed by atoms with Gasteiger partial charge in [0, 0.05) is 44.2 Å². The molecule has 0 bridgehead atoms. The van der Waals surface area contributed by atoms with Crippen LogP contribution in [0.5, 0.6) is 0 Å². The number of halogens is 5. The number of aromatic nitrogens is 3. The first kappa shape index (κ1) is 23.6. The molecular weight excluding hydrogens is 473 g/mol. The highest BCUT2D eigenvalue weighted by atomic mass is 19.4. The van der Waals surface area contributed by atoms with Gasteiger partial charge in [0.15, 0.2) is 0 Å². The van der Waals surface area contributed by atoms with Gasteiger partial charge in [-0.05, 0) is 31.4 Å². The SMILES string of the molecule is NC1(C(=O)N2CCC(c3cc(Nc4cc(C(F)(F)F)ccn4)nc(N4CCC(F)(F)C4)n3)C2)CC1. The predicted molar refractivity (Wildman–Crippen MR) is 116 cm³/mol. The van der Waals surface area contributed by atoms with Gasteiger partial charge in [0.05, 0.1) is 23.3 Å². The third kappa shape index (κ3) is 5.00. The molecule has 5 rings (SSSR count). The third-order valence-electron chi connectivity index (χ3n) is 6.64. The summed E-state index contributed by atoms with van der Waals surface area (Å²) in [4.78, 5) is 28.4. The van der Waals surface area contributed by atoms with Gasteiger partial charge in [-0.25, -0.2) is 18.7 Å². The molecule has 1 amide bonds. The lowest BCUT2D eigenvalue weighted by molar-refractivity contribution is -0.137. The molecule has 1 unspecified atom stereocenters. The van der Waals surface area contributed by atoms with Crippen LogP contribution in [0.25, 0.3) is 0 Å². The molecule has 0 radical (unpaired) electrons. The van der Waals surface area contributed by atoms with E-state index in [0.29, 0.717) is 38.0 Å². The lowest BCUT2D eigenvalue weighted by Gasteiger charge is -2.21. The molecule has 13 heteroatoms. The molecule has 4 heterocycles. The van der Waals surface area contributed by atoms with Gasteiger partial charge in [0.2, 0.25) is 11.9 Å². The molecule has 3 aliphatic rings. The van der Waals surface area contributed by atoms with Crippen LogP contribution >= 0.6 is 0 Å². The van der Waals surface area contributed by atoms with Gasteiger partial charge in [-0.3, -0.25) is 4.79 Å². The van der Waals surface area contributed by atoms with Crippen molar-refractivity contribution in [2.24, 2.45) is 5.73 Å². The molecule has 3 fully saturated rings. The average molecular weight is 497 g/mol. The fourth-order valence-corrected chi connectivity index (χ4v) is 4.43. The normalized spacial score (nSPS) is 23.0. The monoisotopic (exact) mass is 497 g/mol. The molecule has 0 aromatic carbocycles. The summed E-state index contributed by atoms with van der Waals surface area (Å²) < 4.78 is 67.0. The van der Waals surface area contributed by atoms with Gasteiger partial charge < -0.3 is 20.9 Å². The Hall–Kier alpha value is -3.09. The van der Waals surface area contributed by atoms with Crippen LogP contribution in [-0.4, -0.2) is 63.4 Å². The number of anilines is 3. The number of amides is 1. The molecule has 2 saturated heterocycles. The van der Waals surface area contributed by atoms with E-state index in [1.807, 2.05) is 0 Å². The number of likely N-dealkylation sites (tertiary alicyclic amines) is 1. The van der Waals surface area contributed by atoms with E-state index in [-0.39, 0.29) is 42.4 Å². The average Bonchev–Trinajstić information content (AvgIpc) is 3.19. The highest BCUT2D eigenvalue weighted by Gasteiger charge is 2.49. The molecule has 1 saturated carbocycles. The van der Waals surface area contributed by atoms with E-state index >= 15 is 0 Å². The number of hydrogen-bond donors (Lipinski definition) is 2. The Morgan fingerprint density at radius 2 is 1.89 bits per heavy atom. The molecule has 35 heavy (non-hydrogen) atoms. The molecule has 2 aromatic heterocycles. The van der Waals surface area contributed by atoms with Gasteiger partial charge in [0.1, 0.15) is 11.6 Å². The van der Waals surface area contributed by atoms with Crippen molar-refractivity contribution in [2.75, 3.05) is 36.4 Å². The highest BCUT2D eigenvalue weighted by Crippen LogP contribution is 2.38. The van der Waals surface area contributed by atoms with Crippen molar-refractivity contribution in [3.63, 3.8) is 0 Å². The van der Waals surface area contributed by atoms with E-state index in [4.69, 9.17) is 5.73 Å². The van der Waals surface area contributed by atoms with Gasteiger partial charge in [-0.15, -0.1) is 0 Å². The fraction of sp³-hybridized carbons (Fsp3) is 0.545. The van der Waals surface area contributed by atoms with Crippen LogP contribution in [-0.2, 0) is 11.0 Å².